The summed E-state index contributed by atoms with van der Waals surface area (Å²) in [6.07, 6.45) is 0. The predicted molar refractivity (Wildman–Crippen MR) is 305 cm³/mol. The maximum atomic E-state index is 6.74. The topological polar surface area (TPSA) is 56.7 Å². The first-order valence-electron chi connectivity index (χ1n) is 25.0. The molecule has 0 aliphatic heterocycles. The third-order valence-corrected chi connectivity index (χ3v) is 14.3. The molecule has 0 radical (unpaired) electrons. The summed E-state index contributed by atoms with van der Waals surface area (Å²) in [5.74, 6) is 1.81. The van der Waals surface area contributed by atoms with Crippen molar-refractivity contribution in [3.8, 4) is 95.5 Å². The van der Waals surface area contributed by atoms with E-state index < -0.39 is 0 Å². The molecule has 74 heavy (non-hydrogen) atoms. The average molecular weight is 945 g/mol. The Hall–Kier alpha value is -9.97. The van der Waals surface area contributed by atoms with E-state index in [1.807, 2.05) is 36.4 Å². The van der Waals surface area contributed by atoms with Crippen molar-refractivity contribution in [1.82, 2.24) is 19.5 Å². The monoisotopic (exact) mass is 944 g/mol. The first kappa shape index (κ1) is 42.9. The molecule has 11 aromatic carbocycles. The zero-order valence-electron chi connectivity index (χ0n) is 40.1. The van der Waals surface area contributed by atoms with Gasteiger partial charge in [0.1, 0.15) is 11.2 Å². The van der Waals surface area contributed by atoms with Gasteiger partial charge in [-0.15, -0.1) is 0 Å². The molecular weight excluding hydrogens is 901 g/mol. The molecule has 3 heterocycles. The molecular formula is C69H44N4O. The van der Waals surface area contributed by atoms with Crippen molar-refractivity contribution in [2.75, 3.05) is 0 Å². The average Bonchev–Trinajstić information content (AvgIpc) is 4.04. The van der Waals surface area contributed by atoms with Crippen molar-refractivity contribution >= 4 is 43.7 Å². The molecule has 14 rings (SSSR count). The van der Waals surface area contributed by atoms with Gasteiger partial charge in [-0.2, -0.15) is 0 Å². The molecule has 0 fully saturated rings. The molecule has 3 aromatic heterocycles. The smallest absolute Gasteiger partial charge is 0.164 e. The largest absolute Gasteiger partial charge is 0.456 e. The Bertz CT molecular complexity index is 4260. The minimum absolute atomic E-state index is 0.591. The number of para-hydroxylation sites is 2. The molecule has 5 heteroatoms. The molecule has 5 nitrogen and oxygen atoms in total. The lowest BCUT2D eigenvalue weighted by atomic mass is 9.85. The zero-order valence-corrected chi connectivity index (χ0v) is 40.1. The number of rotatable bonds is 9. The van der Waals surface area contributed by atoms with Gasteiger partial charge in [0, 0.05) is 50.0 Å². The second-order valence-electron chi connectivity index (χ2n) is 18.7. The first-order valence-corrected chi connectivity index (χ1v) is 25.0. The quantitative estimate of drug-likeness (QED) is 0.145. The van der Waals surface area contributed by atoms with E-state index in [0.717, 1.165) is 105 Å². The highest BCUT2D eigenvalue weighted by Crippen LogP contribution is 2.45. The van der Waals surface area contributed by atoms with Crippen LogP contribution in [0, 0.1) is 0 Å². The molecule has 0 saturated heterocycles. The van der Waals surface area contributed by atoms with E-state index in [-0.39, 0.29) is 0 Å². The summed E-state index contributed by atoms with van der Waals surface area (Å²) in [6, 6.07) is 94.1. The van der Waals surface area contributed by atoms with Crippen LogP contribution in [0.25, 0.3) is 139 Å². The molecule has 0 aliphatic carbocycles. The Labute approximate surface area is 428 Å². The van der Waals surface area contributed by atoms with Gasteiger partial charge in [-0.05, 0) is 98.1 Å². The van der Waals surface area contributed by atoms with Crippen molar-refractivity contribution in [3.05, 3.63) is 267 Å². The fourth-order valence-corrected chi connectivity index (χ4v) is 10.8. The Morgan fingerprint density at radius 1 is 0.257 bits per heavy atom. The second kappa shape index (κ2) is 18.0. The summed E-state index contributed by atoms with van der Waals surface area (Å²) in [5.41, 5.74) is 18.8. The normalized spacial score (nSPS) is 11.5. The van der Waals surface area contributed by atoms with E-state index in [1.54, 1.807) is 0 Å². The molecule has 346 valence electrons. The summed E-state index contributed by atoms with van der Waals surface area (Å²) < 4.78 is 9.07. The lowest BCUT2D eigenvalue weighted by Gasteiger charge is -2.19. The van der Waals surface area contributed by atoms with Crippen LogP contribution in [-0.2, 0) is 0 Å². The van der Waals surface area contributed by atoms with Crippen LogP contribution >= 0.6 is 0 Å². The van der Waals surface area contributed by atoms with Crippen molar-refractivity contribution < 1.29 is 4.42 Å². The van der Waals surface area contributed by atoms with Gasteiger partial charge in [-0.1, -0.05) is 218 Å². The van der Waals surface area contributed by atoms with Gasteiger partial charge in [0.05, 0.1) is 11.0 Å². The van der Waals surface area contributed by atoms with E-state index in [0.29, 0.717) is 17.5 Å². The SMILES string of the molecule is c1ccc(-c2nc(-c3ccccc3)nc(-c3cc(-c4c(-c5ccccc5)cccc4-c4ccccc4)ccc3-c3ccc(-c4ccc5c(c4)oc4cc6c(cc45)c4ccccc4n6-c4ccccc4)cc3)n2)cc1. The molecule has 0 spiro atoms. The van der Waals surface area contributed by atoms with Crippen LogP contribution in [0.15, 0.2) is 271 Å². The standard InChI is InChI=1S/C69H44N4O/c1-6-19-46(20-7-1)55-30-18-31-56(47-21-8-2-9-22-47)66(55)52-38-39-54(61(41-52)69-71-67(49-23-10-3-11-24-49)70-68(72-69)50-25-12-4-13-26-50)48-35-33-45(34-36-48)51-37-40-58-60-43-59-57-29-16-17-32-62(57)73(53-27-14-5-15-28-53)63(59)44-65(60)74-64(58)42-51/h1-44H. The van der Waals surface area contributed by atoms with Crippen molar-refractivity contribution in [3.63, 3.8) is 0 Å². The van der Waals surface area contributed by atoms with E-state index in [2.05, 4.69) is 235 Å². The van der Waals surface area contributed by atoms with E-state index in [1.165, 1.54) is 16.3 Å². The number of aromatic nitrogens is 4. The van der Waals surface area contributed by atoms with Crippen molar-refractivity contribution in [1.29, 1.82) is 0 Å². The maximum Gasteiger partial charge on any atom is 0.164 e. The minimum Gasteiger partial charge on any atom is -0.456 e. The Morgan fingerprint density at radius 3 is 1.39 bits per heavy atom. The molecule has 0 unspecified atom stereocenters. The number of hydrogen-bond donors (Lipinski definition) is 0. The molecule has 0 amide bonds. The summed E-state index contributed by atoms with van der Waals surface area (Å²) in [6.45, 7) is 0. The Balaban J connectivity index is 0.917. The van der Waals surface area contributed by atoms with Crippen LogP contribution in [-0.4, -0.2) is 19.5 Å². The van der Waals surface area contributed by atoms with Crippen LogP contribution in [0.5, 0.6) is 0 Å². The molecule has 0 atom stereocenters. The highest BCUT2D eigenvalue weighted by Gasteiger charge is 2.22. The first-order chi connectivity index (χ1) is 36.7. The van der Waals surface area contributed by atoms with Gasteiger partial charge >= 0.3 is 0 Å². The van der Waals surface area contributed by atoms with Crippen LogP contribution in [0.3, 0.4) is 0 Å². The van der Waals surface area contributed by atoms with E-state index in [9.17, 15) is 0 Å². The lowest BCUT2D eigenvalue weighted by Crippen LogP contribution is -2.01. The van der Waals surface area contributed by atoms with E-state index >= 15 is 0 Å². The summed E-state index contributed by atoms with van der Waals surface area (Å²) in [7, 11) is 0. The van der Waals surface area contributed by atoms with Gasteiger partial charge in [-0.3, -0.25) is 0 Å². The van der Waals surface area contributed by atoms with Crippen molar-refractivity contribution in [2.24, 2.45) is 0 Å². The molecule has 0 N–H and O–H groups in total. The van der Waals surface area contributed by atoms with Gasteiger partial charge in [0.2, 0.25) is 0 Å². The summed E-state index contributed by atoms with van der Waals surface area (Å²) in [5, 5.41) is 4.62. The van der Waals surface area contributed by atoms with Crippen LogP contribution in [0.4, 0.5) is 0 Å². The fourth-order valence-electron chi connectivity index (χ4n) is 10.8. The van der Waals surface area contributed by atoms with Crippen molar-refractivity contribution in [2.45, 2.75) is 0 Å². The van der Waals surface area contributed by atoms with E-state index in [4.69, 9.17) is 19.4 Å². The fraction of sp³-hybridized carbons (Fsp3) is 0. The highest BCUT2D eigenvalue weighted by molar-refractivity contribution is 6.17. The predicted octanol–water partition coefficient (Wildman–Crippen LogP) is 18.2. The number of hydrogen-bond acceptors (Lipinski definition) is 4. The van der Waals surface area contributed by atoms with Crippen LogP contribution in [0.2, 0.25) is 0 Å². The number of benzene rings is 11. The third kappa shape index (κ3) is 7.54. The van der Waals surface area contributed by atoms with Gasteiger partial charge in [0.25, 0.3) is 0 Å². The Morgan fingerprint density at radius 2 is 0.757 bits per heavy atom. The zero-order chi connectivity index (χ0) is 49.0. The Kier molecular flexibility index (Phi) is 10.4. The summed E-state index contributed by atoms with van der Waals surface area (Å²) >= 11 is 0. The lowest BCUT2D eigenvalue weighted by molar-refractivity contribution is 0.669. The molecule has 0 bridgehead atoms. The molecule has 0 saturated carbocycles. The molecule has 14 aromatic rings. The number of furan rings is 1. The highest BCUT2D eigenvalue weighted by atomic mass is 16.3. The minimum atomic E-state index is 0.591. The number of fused-ring (bicyclic) bond motifs is 6. The van der Waals surface area contributed by atoms with Gasteiger partial charge in [0.15, 0.2) is 17.5 Å². The third-order valence-electron chi connectivity index (χ3n) is 14.3. The maximum absolute atomic E-state index is 6.74. The van der Waals surface area contributed by atoms with Gasteiger partial charge in [-0.25, -0.2) is 15.0 Å². The van der Waals surface area contributed by atoms with Crippen LogP contribution in [0.1, 0.15) is 0 Å². The van der Waals surface area contributed by atoms with Crippen LogP contribution < -0.4 is 0 Å². The number of nitrogens with zero attached hydrogens (tertiary/aromatic N) is 4. The summed E-state index contributed by atoms with van der Waals surface area (Å²) in [4.78, 5) is 15.7. The molecule has 0 aliphatic rings. The second-order valence-corrected chi connectivity index (χ2v) is 18.7. The van der Waals surface area contributed by atoms with Gasteiger partial charge < -0.3 is 8.98 Å².